The second-order valence-corrected chi connectivity index (χ2v) is 0.612. The van der Waals surface area contributed by atoms with Gasteiger partial charge in [0.25, 0.3) is 0 Å². The van der Waals surface area contributed by atoms with Crippen molar-refractivity contribution in [3.05, 3.63) is 0 Å². The van der Waals surface area contributed by atoms with Crippen LogP contribution in [0.3, 0.4) is 0 Å². The van der Waals surface area contributed by atoms with E-state index in [4.69, 9.17) is 13.3 Å². The van der Waals surface area contributed by atoms with Gasteiger partial charge in [-0.15, -0.1) is 11.4 Å². The van der Waals surface area contributed by atoms with E-state index in [0.29, 0.717) is 0 Å². The van der Waals surface area contributed by atoms with Gasteiger partial charge in [0.1, 0.15) is 0 Å². The van der Waals surface area contributed by atoms with Crippen LogP contribution < -0.4 is 0 Å². The molecule has 0 aromatic rings. The van der Waals surface area contributed by atoms with Gasteiger partial charge >= 0.3 is 17.1 Å². The molecule has 0 bridgehead atoms. The van der Waals surface area contributed by atoms with E-state index in [0.717, 1.165) is 0 Å². The summed E-state index contributed by atoms with van der Waals surface area (Å²) in [4.78, 5) is 0. The van der Waals surface area contributed by atoms with Crippen molar-refractivity contribution in [2.45, 2.75) is 0 Å². The average molecular weight is 144 g/mol. The Morgan fingerprint density at radius 3 is 1.40 bits per heavy atom. The van der Waals surface area contributed by atoms with Crippen LogP contribution in [0.5, 0.6) is 0 Å². The Labute approximate surface area is 42.4 Å². The molecule has 1 radical (unpaired) electrons. The molecule has 0 atom stereocenters. The number of hydrogen-bond donors (Lipinski definition) is 0. The first-order valence-electron chi connectivity index (χ1n) is 0.500. The molecular formula is CuO3S. The molecule has 0 aliphatic heterocycles. The number of hydrogen-bond acceptors (Lipinski definition) is 3. The van der Waals surface area contributed by atoms with Gasteiger partial charge in [0, 0.05) is 0 Å². The summed E-state index contributed by atoms with van der Waals surface area (Å²) in [7, 11) is 0. The van der Waals surface area contributed by atoms with Gasteiger partial charge in [0.15, 0.2) is 0 Å². The van der Waals surface area contributed by atoms with Gasteiger partial charge < -0.3 is 9.11 Å². The Balaban J connectivity index is 0. The minimum Gasteiger partial charge on any atom is -0.784 e. The second kappa shape index (κ2) is 4.59. The van der Waals surface area contributed by atoms with Crippen LogP contribution in [-0.2, 0) is 28.4 Å². The summed E-state index contributed by atoms with van der Waals surface area (Å²) in [6, 6.07) is 0. The molecule has 0 saturated heterocycles. The van der Waals surface area contributed by atoms with Gasteiger partial charge in [-0.2, -0.15) is 0 Å². The van der Waals surface area contributed by atoms with Crippen molar-refractivity contribution < 1.29 is 30.4 Å². The molecule has 0 aromatic carbocycles. The summed E-state index contributed by atoms with van der Waals surface area (Å²) in [6.45, 7) is 0. The summed E-state index contributed by atoms with van der Waals surface area (Å²) in [5.41, 5.74) is 0. The fraction of sp³-hybridized carbons (Fsp3) is 0. The molecule has 0 aliphatic rings. The van der Waals surface area contributed by atoms with E-state index in [1.807, 2.05) is 0 Å². The predicted octanol–water partition coefficient (Wildman–Crippen LogP) is -1.01. The van der Waals surface area contributed by atoms with Crippen LogP contribution in [0.1, 0.15) is 0 Å². The first-order chi connectivity index (χ1) is 1.73. The van der Waals surface area contributed by atoms with Crippen LogP contribution in [0, 0.1) is 0 Å². The van der Waals surface area contributed by atoms with E-state index in [1.165, 1.54) is 0 Å². The van der Waals surface area contributed by atoms with Gasteiger partial charge in [-0.1, -0.05) is 0 Å². The summed E-state index contributed by atoms with van der Waals surface area (Å²) in [5.74, 6) is 0. The van der Waals surface area contributed by atoms with E-state index in [1.54, 1.807) is 0 Å². The molecule has 0 rings (SSSR count). The molecule has 0 saturated carbocycles. The average Bonchev–Trinajstić information content (AvgIpc) is 0.811. The van der Waals surface area contributed by atoms with Crippen molar-refractivity contribution in [2.24, 2.45) is 0 Å². The van der Waals surface area contributed by atoms with Crippen LogP contribution in [0.4, 0.5) is 0 Å². The molecule has 0 amide bonds. The maximum Gasteiger partial charge on any atom is 2.00 e. The van der Waals surface area contributed by atoms with Crippen LogP contribution in [0.25, 0.3) is 0 Å². The van der Waals surface area contributed by atoms with Gasteiger partial charge in [-0.3, -0.25) is 4.21 Å². The van der Waals surface area contributed by atoms with E-state index in [2.05, 4.69) is 0 Å². The molecule has 0 aromatic heterocycles. The maximum atomic E-state index is 8.44. The van der Waals surface area contributed by atoms with E-state index in [9.17, 15) is 0 Å². The fourth-order valence-electron chi connectivity index (χ4n) is 0. The molecular weight excluding hydrogens is 144 g/mol. The molecule has 3 nitrogen and oxygen atoms in total. The standard InChI is InChI=1S/Cu.H2O3S/c;1-4(2)3/h;(H2,1,2,3)/q+2;/p-2. The van der Waals surface area contributed by atoms with Crippen molar-refractivity contribution >= 4 is 11.4 Å². The first-order valence-corrected chi connectivity index (χ1v) is 1.50. The minimum absolute atomic E-state index is 0. The Morgan fingerprint density at radius 1 is 1.40 bits per heavy atom. The zero-order chi connectivity index (χ0) is 3.58. The summed E-state index contributed by atoms with van der Waals surface area (Å²) >= 11 is -3.11. The Bertz CT molecular complexity index is 29.9. The van der Waals surface area contributed by atoms with Gasteiger partial charge in [-0.25, -0.2) is 0 Å². The van der Waals surface area contributed by atoms with Crippen molar-refractivity contribution in [1.29, 1.82) is 0 Å². The Kier molecular flexibility index (Phi) is 8.39. The third-order valence-electron chi connectivity index (χ3n) is 0. The van der Waals surface area contributed by atoms with Crippen molar-refractivity contribution in [2.75, 3.05) is 0 Å². The second-order valence-electron chi connectivity index (χ2n) is 0.204. The van der Waals surface area contributed by atoms with Gasteiger partial charge in [0.2, 0.25) is 0 Å². The normalized spacial score (nSPS) is 7.00. The zero-order valence-electron chi connectivity index (χ0n) is 1.93. The molecule has 0 N–H and O–H groups in total. The summed E-state index contributed by atoms with van der Waals surface area (Å²) < 4.78 is 25.3. The predicted molar refractivity (Wildman–Crippen MR) is 9.70 cm³/mol. The van der Waals surface area contributed by atoms with Crippen molar-refractivity contribution in [3.8, 4) is 0 Å². The van der Waals surface area contributed by atoms with Crippen LogP contribution in [-0.4, -0.2) is 13.3 Å². The molecule has 0 fully saturated rings. The summed E-state index contributed by atoms with van der Waals surface area (Å²) in [6.07, 6.45) is 0. The summed E-state index contributed by atoms with van der Waals surface area (Å²) in [5, 5.41) is 0. The first kappa shape index (κ1) is 9.14. The van der Waals surface area contributed by atoms with Gasteiger partial charge in [-0.05, 0) is 0 Å². The van der Waals surface area contributed by atoms with E-state index < -0.39 is 11.4 Å². The Morgan fingerprint density at radius 2 is 1.40 bits per heavy atom. The topological polar surface area (TPSA) is 63.2 Å². The van der Waals surface area contributed by atoms with Crippen molar-refractivity contribution in [3.63, 3.8) is 0 Å². The van der Waals surface area contributed by atoms with Crippen LogP contribution >= 0.6 is 0 Å². The van der Waals surface area contributed by atoms with Crippen LogP contribution in [0.2, 0.25) is 0 Å². The molecule has 0 unspecified atom stereocenters. The van der Waals surface area contributed by atoms with Crippen molar-refractivity contribution in [1.82, 2.24) is 0 Å². The fourth-order valence-corrected chi connectivity index (χ4v) is 0. The minimum atomic E-state index is -3.11. The third kappa shape index (κ3) is 88.6. The molecule has 0 spiro atoms. The molecule has 0 heterocycles. The molecule has 5 heavy (non-hydrogen) atoms. The largest absolute Gasteiger partial charge is 2.00 e. The van der Waals surface area contributed by atoms with E-state index in [-0.39, 0.29) is 17.1 Å². The van der Waals surface area contributed by atoms with Gasteiger partial charge in [0.05, 0.1) is 0 Å². The SMILES string of the molecule is O=S([O-])[O-].[Cu+2]. The van der Waals surface area contributed by atoms with Crippen LogP contribution in [0.15, 0.2) is 0 Å². The molecule has 35 valence electrons. The number of rotatable bonds is 0. The maximum absolute atomic E-state index is 8.44. The smallest absolute Gasteiger partial charge is 0.784 e. The van der Waals surface area contributed by atoms with E-state index >= 15 is 0 Å². The zero-order valence-corrected chi connectivity index (χ0v) is 3.69. The quantitative estimate of drug-likeness (QED) is 0.323. The molecule has 0 aliphatic carbocycles. The third-order valence-corrected chi connectivity index (χ3v) is 0. The Hall–Kier alpha value is 0.589. The monoisotopic (exact) mass is 143 g/mol. The molecule has 5 heteroatoms.